The van der Waals surface area contributed by atoms with E-state index in [4.69, 9.17) is 0 Å². The Morgan fingerprint density at radius 2 is 0.821 bits per heavy atom. The molecular weight excluding hydrogens is 462 g/mol. The van der Waals surface area contributed by atoms with E-state index >= 15 is 0 Å². The molecule has 0 aromatic heterocycles. The van der Waals surface area contributed by atoms with Gasteiger partial charge in [0.15, 0.2) is 0 Å². The Kier molecular flexibility index (Phi) is 14.6. The van der Waals surface area contributed by atoms with Crippen LogP contribution in [0, 0.1) is 13.8 Å². The summed E-state index contributed by atoms with van der Waals surface area (Å²) >= 11 is 1.46. The number of benzene rings is 2. The molecule has 4 rings (SSSR count). The van der Waals surface area contributed by atoms with Gasteiger partial charge >= 0.3 is 99.2 Å². The number of rotatable bonds is 2. The first kappa shape index (κ1) is 26.5. The summed E-state index contributed by atoms with van der Waals surface area (Å²) in [5.74, 6) is 0. The van der Waals surface area contributed by atoms with Gasteiger partial charge in [-0.1, -0.05) is 13.8 Å². The molecule has 0 spiro atoms. The van der Waals surface area contributed by atoms with Crippen molar-refractivity contribution in [3.8, 4) is 0 Å². The molecule has 0 saturated heterocycles. The second-order valence-corrected chi connectivity index (χ2v) is 7.26. The van der Waals surface area contributed by atoms with E-state index in [1.807, 2.05) is 24.3 Å². The van der Waals surface area contributed by atoms with Gasteiger partial charge in [0.1, 0.15) is 0 Å². The molecule has 4 aromatic rings. The first-order valence-electron chi connectivity index (χ1n) is 8.73. The van der Waals surface area contributed by atoms with Crippen molar-refractivity contribution in [1.82, 2.24) is 0 Å². The van der Waals surface area contributed by atoms with Crippen LogP contribution in [0.25, 0.3) is 0 Å². The normalized spacial score (nSPS) is 8.71. The molecule has 4 aromatic carbocycles. The van der Waals surface area contributed by atoms with Gasteiger partial charge in [0, 0.05) is 0 Å². The van der Waals surface area contributed by atoms with Gasteiger partial charge in [-0.15, -0.1) is 0 Å². The predicted octanol–water partition coefficient (Wildman–Crippen LogP) is 0.238. The van der Waals surface area contributed by atoms with Crippen LogP contribution in [0.1, 0.15) is 22.3 Å². The first-order chi connectivity index (χ1) is 12.7. The third-order valence-electron chi connectivity index (χ3n) is 3.78. The van der Waals surface area contributed by atoms with Gasteiger partial charge in [0.25, 0.3) is 0 Å². The summed E-state index contributed by atoms with van der Waals surface area (Å²) < 4.78 is 1.42. The van der Waals surface area contributed by atoms with E-state index in [2.05, 4.69) is 98.8 Å². The van der Waals surface area contributed by atoms with Crippen LogP contribution >= 0.6 is 0 Å². The molecule has 0 unspecified atom stereocenters. The summed E-state index contributed by atoms with van der Waals surface area (Å²) in [6.07, 6.45) is 0. The van der Waals surface area contributed by atoms with Gasteiger partial charge in [0.2, 0.25) is 0 Å². The Balaban J connectivity index is 0.000000437. The second kappa shape index (κ2) is 15.4. The Hall–Kier alpha value is -1.53. The minimum absolute atomic E-state index is 0. The first-order valence-corrected chi connectivity index (χ1v) is 9.96. The average molecular weight is 487 g/mol. The molecule has 28 heavy (non-hydrogen) atoms. The van der Waals surface area contributed by atoms with Crippen LogP contribution in [0.5, 0.6) is 0 Å². The van der Waals surface area contributed by atoms with Gasteiger partial charge in [-0.25, -0.2) is 24.3 Å². The molecule has 0 aliphatic carbocycles. The fourth-order valence-corrected chi connectivity index (χ4v) is 3.14. The number of hydrogen-bond donors (Lipinski definition) is 0. The Labute approximate surface area is 196 Å². The summed E-state index contributed by atoms with van der Waals surface area (Å²) in [7, 11) is 0. The van der Waals surface area contributed by atoms with E-state index in [0.29, 0.717) is 0 Å². The van der Waals surface area contributed by atoms with Gasteiger partial charge in [-0.3, -0.25) is 0 Å². The molecule has 0 N–H and O–H groups in total. The van der Waals surface area contributed by atoms with Crippen LogP contribution < -0.4 is 24.8 Å². The molecule has 0 fully saturated rings. The van der Waals surface area contributed by atoms with E-state index in [1.165, 1.54) is 49.7 Å². The van der Waals surface area contributed by atoms with Crippen LogP contribution in [0.4, 0.5) is 0 Å². The van der Waals surface area contributed by atoms with Gasteiger partial charge in [0.05, 0.1) is 0 Å². The summed E-state index contributed by atoms with van der Waals surface area (Å²) in [5, 5.41) is 0. The van der Waals surface area contributed by atoms with E-state index in [0.717, 1.165) is 0 Å². The molecule has 0 saturated carbocycles. The standard InChI is InChI=1S/C13H10.2C6H7.2ClH.Zr/c1-3-7-12(8-4-1)11-13-9-5-2-6-10-13;2*1-6-4-2-3-5-6;;;/h1-10H;2*2-5H,1H3;2*1H;/q;2*-1;;;+2/p-2. The van der Waals surface area contributed by atoms with Crippen molar-refractivity contribution in [2.45, 2.75) is 13.8 Å². The van der Waals surface area contributed by atoms with Crippen molar-refractivity contribution in [1.29, 1.82) is 0 Å². The van der Waals surface area contributed by atoms with E-state index < -0.39 is 0 Å². The van der Waals surface area contributed by atoms with Crippen LogP contribution in [-0.4, -0.2) is 3.21 Å². The molecular formula is C25H24Cl2Zr-2. The maximum absolute atomic E-state index is 2.16. The zero-order valence-electron chi connectivity index (χ0n) is 16.1. The summed E-state index contributed by atoms with van der Waals surface area (Å²) in [4.78, 5) is 0. The topological polar surface area (TPSA) is 0 Å². The van der Waals surface area contributed by atoms with Crippen LogP contribution in [0.2, 0.25) is 0 Å². The zero-order chi connectivity index (χ0) is 18.6. The van der Waals surface area contributed by atoms with Crippen LogP contribution in [0.3, 0.4) is 0 Å². The van der Waals surface area contributed by atoms with Crippen molar-refractivity contribution in [2.75, 3.05) is 0 Å². The molecule has 0 amide bonds. The maximum atomic E-state index is 2.16. The van der Waals surface area contributed by atoms with Crippen molar-refractivity contribution < 1.29 is 49.0 Å². The van der Waals surface area contributed by atoms with E-state index in [1.54, 1.807) is 0 Å². The van der Waals surface area contributed by atoms with E-state index in [9.17, 15) is 0 Å². The molecule has 0 aliphatic heterocycles. The third-order valence-corrected chi connectivity index (χ3v) is 5.20. The van der Waals surface area contributed by atoms with Crippen molar-refractivity contribution >= 4 is 3.21 Å². The summed E-state index contributed by atoms with van der Waals surface area (Å²) in [6.45, 7) is 4.17. The second-order valence-electron chi connectivity index (χ2n) is 6.03. The van der Waals surface area contributed by atoms with Crippen molar-refractivity contribution in [3.05, 3.63) is 131 Å². The molecule has 0 atom stereocenters. The monoisotopic (exact) mass is 484 g/mol. The Bertz CT molecular complexity index is 776. The SMILES string of the molecule is C[c-]1cccc1.C[c-]1cccc1.[Cl-].[Cl-].[Zr+2]=[C](c1ccccc1)c1ccccc1. The Morgan fingerprint density at radius 1 is 0.536 bits per heavy atom. The number of halogens is 2. The number of hydrogen-bond acceptors (Lipinski definition) is 0. The summed E-state index contributed by atoms with van der Waals surface area (Å²) in [5.41, 5.74) is 5.35. The van der Waals surface area contributed by atoms with Gasteiger partial charge < -0.3 is 24.8 Å². The number of aryl methyl sites for hydroxylation is 2. The molecule has 0 heterocycles. The van der Waals surface area contributed by atoms with E-state index in [-0.39, 0.29) is 24.8 Å². The predicted molar refractivity (Wildman–Crippen MR) is 110 cm³/mol. The molecule has 0 nitrogen and oxygen atoms in total. The summed E-state index contributed by atoms with van der Waals surface area (Å²) in [6, 6.07) is 37.6. The average Bonchev–Trinajstić information content (AvgIpc) is 3.37. The molecule has 0 radical (unpaired) electrons. The fourth-order valence-electron chi connectivity index (χ4n) is 2.32. The quantitative estimate of drug-likeness (QED) is 0.356. The van der Waals surface area contributed by atoms with Gasteiger partial charge in [-0.2, -0.15) is 35.4 Å². The van der Waals surface area contributed by atoms with Crippen LogP contribution in [-0.2, 0) is 24.2 Å². The molecule has 3 heteroatoms. The molecule has 144 valence electrons. The molecule has 0 aliphatic rings. The fraction of sp³-hybridized carbons (Fsp3) is 0.0800. The zero-order valence-corrected chi connectivity index (χ0v) is 20.1. The van der Waals surface area contributed by atoms with Crippen molar-refractivity contribution in [2.24, 2.45) is 0 Å². The van der Waals surface area contributed by atoms with Gasteiger partial charge in [-0.05, 0) is 0 Å². The Morgan fingerprint density at radius 3 is 1.04 bits per heavy atom. The third kappa shape index (κ3) is 10.1. The van der Waals surface area contributed by atoms with Crippen molar-refractivity contribution in [3.63, 3.8) is 0 Å². The minimum atomic E-state index is 0. The molecule has 0 bridgehead atoms. The van der Waals surface area contributed by atoms with Crippen LogP contribution in [0.15, 0.2) is 109 Å².